The van der Waals surface area contributed by atoms with Crippen LogP contribution in [0.3, 0.4) is 0 Å². The van der Waals surface area contributed by atoms with Crippen molar-refractivity contribution in [1.29, 1.82) is 0 Å². The molecular weight excluding hydrogens is 276 g/mol. The first-order chi connectivity index (χ1) is 9.49. The second-order valence-electron chi connectivity index (χ2n) is 4.61. The predicted molar refractivity (Wildman–Crippen MR) is 79.4 cm³/mol. The van der Waals surface area contributed by atoms with Crippen molar-refractivity contribution in [2.75, 3.05) is 0 Å². The fraction of sp³-hybridized carbons (Fsp3) is 0.200. The third-order valence-electron chi connectivity index (χ3n) is 3.20. The van der Waals surface area contributed by atoms with Crippen LogP contribution in [0, 0.1) is 0 Å². The summed E-state index contributed by atoms with van der Waals surface area (Å²) in [5.41, 5.74) is 1.34. The Labute approximate surface area is 119 Å². The molecule has 0 saturated heterocycles. The van der Waals surface area contributed by atoms with Crippen LogP contribution < -0.4 is 0 Å². The van der Waals surface area contributed by atoms with Gasteiger partial charge in [0.15, 0.2) is 0 Å². The van der Waals surface area contributed by atoms with E-state index in [1.165, 1.54) is 0 Å². The number of carbonyl (C=O) groups is 2. The van der Waals surface area contributed by atoms with E-state index in [1.807, 2.05) is 18.2 Å². The summed E-state index contributed by atoms with van der Waals surface area (Å²) in [5, 5.41) is 22.2. The second kappa shape index (κ2) is 5.96. The lowest BCUT2D eigenvalue weighted by Crippen LogP contribution is -2.09. The van der Waals surface area contributed by atoms with Gasteiger partial charge in [-0.3, -0.25) is 9.59 Å². The van der Waals surface area contributed by atoms with E-state index in [1.54, 1.807) is 19.1 Å². The average molecular weight is 292 g/mol. The zero-order valence-corrected chi connectivity index (χ0v) is 11.9. The minimum absolute atomic E-state index is 0.0873. The topological polar surface area (TPSA) is 74.6 Å². The highest BCUT2D eigenvalue weighted by Gasteiger charge is 2.18. The molecule has 0 saturated carbocycles. The number of carboxylic acid groups (broad SMARTS) is 2. The summed E-state index contributed by atoms with van der Waals surface area (Å²) in [4.78, 5) is 23.0. The number of hydrogen-bond donors (Lipinski definition) is 3. The van der Waals surface area contributed by atoms with Crippen LogP contribution in [0.25, 0.3) is 0 Å². The second-order valence-corrected chi connectivity index (χ2v) is 6.50. The lowest BCUT2D eigenvalue weighted by Gasteiger charge is -2.17. The van der Waals surface area contributed by atoms with Crippen LogP contribution >= 0.6 is 10.9 Å². The third-order valence-corrected chi connectivity index (χ3v) is 5.18. The van der Waals surface area contributed by atoms with Crippen LogP contribution in [0.15, 0.2) is 46.1 Å². The minimum Gasteiger partial charge on any atom is -0.481 e. The van der Waals surface area contributed by atoms with Gasteiger partial charge in [-0.2, -0.15) is 10.9 Å². The number of hydrogen-bond acceptors (Lipinski definition) is 2. The molecule has 0 aliphatic carbocycles. The van der Waals surface area contributed by atoms with Gasteiger partial charge in [0.1, 0.15) is 0 Å². The largest absolute Gasteiger partial charge is 0.481 e. The molecule has 0 aromatic heterocycles. The van der Waals surface area contributed by atoms with Gasteiger partial charge in [-0.25, -0.2) is 0 Å². The quantitative estimate of drug-likeness (QED) is 0.729. The Hall–Kier alpha value is -2.01. The monoisotopic (exact) mass is 292 g/mol. The molecule has 2 rings (SSSR count). The molecule has 2 N–H and O–H groups in total. The summed E-state index contributed by atoms with van der Waals surface area (Å²) in [7, 11) is -0.610. The number of thiol groups is 1. The number of benzene rings is 1. The molecule has 1 aromatic rings. The van der Waals surface area contributed by atoms with Crippen LogP contribution in [0.4, 0.5) is 0 Å². The molecule has 0 bridgehead atoms. The van der Waals surface area contributed by atoms with Gasteiger partial charge < -0.3 is 10.2 Å². The molecule has 1 unspecified atom stereocenters. The molecule has 0 amide bonds. The Morgan fingerprint density at radius 2 is 1.85 bits per heavy atom. The van der Waals surface area contributed by atoms with E-state index >= 15 is 0 Å². The van der Waals surface area contributed by atoms with Gasteiger partial charge in [-0.1, -0.05) is 24.3 Å². The first-order valence-corrected chi connectivity index (χ1v) is 7.68. The number of rotatable bonds is 5. The highest BCUT2D eigenvalue weighted by molar-refractivity contribution is 8.22. The summed E-state index contributed by atoms with van der Waals surface area (Å²) in [6, 6.07) is 5.35. The van der Waals surface area contributed by atoms with Crippen molar-refractivity contribution in [1.82, 2.24) is 0 Å². The molecule has 106 valence electrons. The number of aliphatic carboxylic acids is 2. The van der Waals surface area contributed by atoms with Crippen LogP contribution in [0.1, 0.15) is 24.0 Å². The van der Waals surface area contributed by atoms with Crippen LogP contribution in [-0.4, -0.2) is 22.2 Å². The van der Waals surface area contributed by atoms with Crippen LogP contribution in [0.5, 0.6) is 0 Å². The van der Waals surface area contributed by atoms with E-state index < -0.39 is 28.8 Å². The number of allylic oxidation sites excluding steroid dienone is 2. The maximum Gasteiger partial charge on any atom is 0.310 e. The van der Waals surface area contributed by atoms with E-state index in [2.05, 4.69) is 10.8 Å². The molecule has 4 nitrogen and oxygen atoms in total. The van der Waals surface area contributed by atoms with E-state index in [0.717, 1.165) is 4.90 Å². The molecular formula is C15H16O4S. The van der Waals surface area contributed by atoms with Gasteiger partial charge in [-0.15, -0.1) is 0 Å². The van der Waals surface area contributed by atoms with Crippen molar-refractivity contribution >= 4 is 22.8 Å². The van der Waals surface area contributed by atoms with Gasteiger partial charge in [-0.05, 0) is 39.8 Å². The Bertz CT molecular complexity index is 592. The standard InChI is InChI=1S/C15H16O4S/c1-10(15(18)19)11-4-5-13(20-6-2-3-7-20)12(8-11)9-14(16)17/h2-8,10,20H,9H2,1H3,(H,16,17)(H,18,19). The van der Waals surface area contributed by atoms with Gasteiger partial charge >= 0.3 is 11.9 Å². The molecule has 1 aliphatic rings. The summed E-state index contributed by atoms with van der Waals surface area (Å²) >= 11 is 0. The third kappa shape index (κ3) is 3.11. The Morgan fingerprint density at radius 3 is 2.40 bits per heavy atom. The Kier molecular flexibility index (Phi) is 4.29. The maximum absolute atomic E-state index is 11.0. The van der Waals surface area contributed by atoms with Crippen molar-refractivity contribution in [2.45, 2.75) is 24.2 Å². The molecule has 5 heteroatoms. The van der Waals surface area contributed by atoms with Crippen LogP contribution in [-0.2, 0) is 16.0 Å². The van der Waals surface area contributed by atoms with Crippen molar-refractivity contribution < 1.29 is 19.8 Å². The molecule has 1 atom stereocenters. The molecule has 0 spiro atoms. The van der Waals surface area contributed by atoms with E-state index in [4.69, 9.17) is 10.2 Å². The van der Waals surface area contributed by atoms with E-state index in [0.29, 0.717) is 11.1 Å². The zero-order valence-electron chi connectivity index (χ0n) is 11.0. The summed E-state index contributed by atoms with van der Waals surface area (Å²) < 4.78 is 0. The SMILES string of the molecule is CC(C(=O)O)c1ccc([SH]2C=CC=C2)c(CC(=O)O)c1. The van der Waals surface area contributed by atoms with Crippen molar-refractivity contribution in [3.8, 4) is 0 Å². The molecule has 0 fully saturated rings. The normalized spacial score (nSPS) is 16.4. The molecule has 1 heterocycles. The smallest absolute Gasteiger partial charge is 0.310 e. The first kappa shape index (κ1) is 14.4. The fourth-order valence-electron chi connectivity index (χ4n) is 2.07. The lowest BCUT2D eigenvalue weighted by atomic mass is 9.98. The first-order valence-electron chi connectivity index (χ1n) is 6.20. The predicted octanol–water partition coefficient (Wildman–Crippen LogP) is 2.90. The van der Waals surface area contributed by atoms with Crippen molar-refractivity contribution in [3.05, 3.63) is 52.3 Å². The van der Waals surface area contributed by atoms with Gasteiger partial charge in [0.2, 0.25) is 0 Å². The van der Waals surface area contributed by atoms with Crippen LogP contribution in [0.2, 0.25) is 0 Å². The van der Waals surface area contributed by atoms with E-state index in [9.17, 15) is 9.59 Å². The summed E-state index contributed by atoms with van der Waals surface area (Å²) in [6.07, 6.45) is 3.81. The fourth-order valence-corrected chi connectivity index (χ4v) is 3.78. The maximum atomic E-state index is 11.0. The molecule has 1 aromatic carbocycles. The Balaban J connectivity index is 2.42. The summed E-state index contributed by atoms with van der Waals surface area (Å²) in [6.45, 7) is 1.60. The Morgan fingerprint density at radius 1 is 1.20 bits per heavy atom. The molecule has 0 radical (unpaired) electrons. The van der Waals surface area contributed by atoms with Crippen molar-refractivity contribution in [2.24, 2.45) is 0 Å². The molecule has 20 heavy (non-hydrogen) atoms. The van der Waals surface area contributed by atoms with Gasteiger partial charge in [0.25, 0.3) is 0 Å². The summed E-state index contributed by atoms with van der Waals surface area (Å²) in [5.74, 6) is -2.46. The lowest BCUT2D eigenvalue weighted by molar-refractivity contribution is -0.138. The van der Waals surface area contributed by atoms with Gasteiger partial charge in [0.05, 0.1) is 12.3 Å². The molecule has 1 aliphatic heterocycles. The highest BCUT2D eigenvalue weighted by Crippen LogP contribution is 2.44. The zero-order chi connectivity index (χ0) is 14.7. The van der Waals surface area contributed by atoms with Gasteiger partial charge in [0, 0.05) is 0 Å². The highest BCUT2D eigenvalue weighted by atomic mass is 32.2. The number of carboxylic acids is 2. The average Bonchev–Trinajstić information content (AvgIpc) is 2.90. The van der Waals surface area contributed by atoms with E-state index in [-0.39, 0.29) is 6.42 Å². The minimum atomic E-state index is -0.912. The van der Waals surface area contributed by atoms with Crippen molar-refractivity contribution in [3.63, 3.8) is 0 Å².